The number of carboxylic acids is 1. The third-order valence-electron chi connectivity index (χ3n) is 2.92. The van der Waals surface area contributed by atoms with Crippen LogP contribution in [0, 0.1) is 19.8 Å². The molecule has 0 aliphatic rings. The topological polar surface area (TPSA) is 75.6 Å². The first-order valence-electron chi connectivity index (χ1n) is 6.29. The van der Waals surface area contributed by atoms with Crippen molar-refractivity contribution in [3.05, 3.63) is 28.8 Å². The minimum Gasteiger partial charge on any atom is -0.481 e. The Balaban J connectivity index is 2.85. The number of alkyl halides is 2. The van der Waals surface area contributed by atoms with Gasteiger partial charge in [-0.3, -0.25) is 9.59 Å². The van der Waals surface area contributed by atoms with Gasteiger partial charge in [-0.15, -0.1) is 0 Å². The molecule has 0 radical (unpaired) electrons. The summed E-state index contributed by atoms with van der Waals surface area (Å²) in [5.41, 5.74) is 1.09. The predicted octanol–water partition coefficient (Wildman–Crippen LogP) is 2.36. The number of ether oxygens (including phenoxy) is 1. The number of rotatable bonds is 6. The van der Waals surface area contributed by atoms with Crippen molar-refractivity contribution < 1.29 is 28.2 Å². The molecule has 0 spiro atoms. The Morgan fingerprint density at radius 1 is 1.29 bits per heavy atom. The molecule has 0 aliphatic heterocycles. The van der Waals surface area contributed by atoms with Crippen LogP contribution in [0.2, 0.25) is 0 Å². The van der Waals surface area contributed by atoms with Crippen molar-refractivity contribution in [3.8, 4) is 5.75 Å². The third-order valence-corrected chi connectivity index (χ3v) is 2.92. The summed E-state index contributed by atoms with van der Waals surface area (Å²) in [7, 11) is 0. The molecule has 0 aliphatic carbocycles. The molecule has 21 heavy (non-hydrogen) atoms. The van der Waals surface area contributed by atoms with Crippen LogP contribution in [-0.2, 0) is 4.79 Å². The zero-order valence-corrected chi connectivity index (χ0v) is 11.9. The average molecular weight is 301 g/mol. The van der Waals surface area contributed by atoms with Crippen molar-refractivity contribution in [3.63, 3.8) is 0 Å². The van der Waals surface area contributed by atoms with Crippen LogP contribution >= 0.6 is 0 Å². The molecule has 0 fully saturated rings. The molecule has 1 aromatic rings. The van der Waals surface area contributed by atoms with E-state index < -0.39 is 24.4 Å². The standard InChI is InChI=1S/C14H17F2NO4/c1-7-4-10(5-8(2)11(7)21-14(15)16)12(18)17-6-9(3)13(19)20/h4-5,9,14H,6H2,1-3H3,(H,17,18)(H,19,20). The van der Waals surface area contributed by atoms with E-state index in [1.165, 1.54) is 19.1 Å². The van der Waals surface area contributed by atoms with E-state index in [4.69, 9.17) is 5.11 Å². The molecule has 116 valence electrons. The highest BCUT2D eigenvalue weighted by atomic mass is 19.3. The summed E-state index contributed by atoms with van der Waals surface area (Å²) in [5, 5.41) is 11.2. The molecule has 2 N–H and O–H groups in total. The number of amides is 1. The van der Waals surface area contributed by atoms with Gasteiger partial charge in [0.05, 0.1) is 5.92 Å². The summed E-state index contributed by atoms with van der Waals surface area (Å²) in [6.45, 7) is 1.64. The maximum Gasteiger partial charge on any atom is 0.387 e. The first-order valence-corrected chi connectivity index (χ1v) is 6.29. The maximum absolute atomic E-state index is 12.3. The summed E-state index contributed by atoms with van der Waals surface area (Å²) >= 11 is 0. The summed E-state index contributed by atoms with van der Waals surface area (Å²) < 4.78 is 28.9. The van der Waals surface area contributed by atoms with Crippen LogP contribution in [0.1, 0.15) is 28.4 Å². The smallest absolute Gasteiger partial charge is 0.387 e. The lowest BCUT2D eigenvalue weighted by Gasteiger charge is -2.14. The number of hydrogen-bond acceptors (Lipinski definition) is 3. The molecule has 0 bridgehead atoms. The summed E-state index contributed by atoms with van der Waals surface area (Å²) in [4.78, 5) is 22.6. The second kappa shape index (κ2) is 7.01. The lowest BCUT2D eigenvalue weighted by Crippen LogP contribution is -2.31. The van der Waals surface area contributed by atoms with Gasteiger partial charge in [0.25, 0.3) is 5.91 Å². The number of aliphatic carboxylic acids is 1. The average Bonchev–Trinajstić information content (AvgIpc) is 2.38. The van der Waals surface area contributed by atoms with Crippen LogP contribution in [0.25, 0.3) is 0 Å². The number of carbonyl (C=O) groups is 2. The van der Waals surface area contributed by atoms with Crippen molar-refractivity contribution in [2.75, 3.05) is 6.54 Å². The van der Waals surface area contributed by atoms with Gasteiger partial charge in [0, 0.05) is 12.1 Å². The van der Waals surface area contributed by atoms with Gasteiger partial charge in [-0.1, -0.05) is 6.92 Å². The second-order valence-electron chi connectivity index (χ2n) is 4.77. The maximum atomic E-state index is 12.3. The van der Waals surface area contributed by atoms with Gasteiger partial charge in [-0.25, -0.2) is 0 Å². The molecule has 0 heterocycles. The number of carbonyl (C=O) groups excluding carboxylic acids is 1. The lowest BCUT2D eigenvalue weighted by molar-refractivity contribution is -0.140. The van der Waals surface area contributed by atoms with Gasteiger partial charge in [-0.05, 0) is 37.1 Å². The molecular formula is C14H17F2NO4. The fourth-order valence-electron chi connectivity index (χ4n) is 1.79. The molecular weight excluding hydrogens is 284 g/mol. The fraction of sp³-hybridized carbons (Fsp3) is 0.429. The van der Waals surface area contributed by atoms with Gasteiger partial charge < -0.3 is 15.2 Å². The highest BCUT2D eigenvalue weighted by molar-refractivity contribution is 5.95. The molecule has 0 saturated heterocycles. The van der Waals surface area contributed by atoms with Crippen LogP contribution < -0.4 is 10.1 Å². The second-order valence-corrected chi connectivity index (χ2v) is 4.77. The Labute approximate surface area is 120 Å². The molecule has 5 nitrogen and oxygen atoms in total. The molecule has 1 amide bonds. The van der Waals surface area contributed by atoms with Crippen LogP contribution in [-0.4, -0.2) is 30.1 Å². The van der Waals surface area contributed by atoms with Crippen molar-refractivity contribution >= 4 is 11.9 Å². The van der Waals surface area contributed by atoms with Gasteiger partial charge in [-0.2, -0.15) is 8.78 Å². The summed E-state index contributed by atoms with van der Waals surface area (Å²) in [5.74, 6) is -2.14. The molecule has 7 heteroatoms. The summed E-state index contributed by atoms with van der Waals surface area (Å²) in [6.07, 6.45) is 0. The lowest BCUT2D eigenvalue weighted by atomic mass is 10.0. The SMILES string of the molecule is Cc1cc(C(=O)NCC(C)C(=O)O)cc(C)c1OC(F)F. The molecule has 1 rings (SSSR count). The van der Waals surface area contributed by atoms with Crippen LogP contribution in [0.5, 0.6) is 5.75 Å². The van der Waals surface area contributed by atoms with E-state index in [2.05, 4.69) is 10.1 Å². The highest BCUT2D eigenvalue weighted by Gasteiger charge is 2.16. The van der Waals surface area contributed by atoms with E-state index in [9.17, 15) is 18.4 Å². The zero-order chi connectivity index (χ0) is 16.2. The monoisotopic (exact) mass is 301 g/mol. The first kappa shape index (κ1) is 16.9. The number of hydrogen-bond donors (Lipinski definition) is 2. The van der Waals surface area contributed by atoms with Gasteiger partial charge in [0.1, 0.15) is 5.75 Å². The van der Waals surface area contributed by atoms with Gasteiger partial charge in [0.15, 0.2) is 0 Å². The van der Waals surface area contributed by atoms with E-state index in [1.54, 1.807) is 13.8 Å². The minimum atomic E-state index is -2.93. The van der Waals surface area contributed by atoms with Crippen molar-refractivity contribution in [1.82, 2.24) is 5.32 Å². The normalized spacial score (nSPS) is 12.1. The third kappa shape index (κ3) is 4.70. The molecule has 0 aromatic heterocycles. The number of carboxylic acid groups (broad SMARTS) is 1. The first-order chi connectivity index (χ1) is 9.72. The number of aryl methyl sites for hydroxylation is 2. The van der Waals surface area contributed by atoms with E-state index in [1.807, 2.05) is 0 Å². The largest absolute Gasteiger partial charge is 0.481 e. The summed E-state index contributed by atoms with van der Waals surface area (Å²) in [6, 6.07) is 2.84. The predicted molar refractivity (Wildman–Crippen MR) is 71.7 cm³/mol. The van der Waals surface area contributed by atoms with Crippen molar-refractivity contribution in [1.29, 1.82) is 0 Å². The highest BCUT2D eigenvalue weighted by Crippen LogP contribution is 2.26. The molecule has 1 unspecified atom stereocenters. The molecule has 1 atom stereocenters. The zero-order valence-electron chi connectivity index (χ0n) is 11.9. The van der Waals surface area contributed by atoms with E-state index >= 15 is 0 Å². The number of halogens is 2. The van der Waals surface area contributed by atoms with Gasteiger partial charge >= 0.3 is 12.6 Å². The minimum absolute atomic E-state index is 0.0124. The van der Waals surface area contributed by atoms with Crippen LogP contribution in [0.3, 0.4) is 0 Å². The Hall–Kier alpha value is -2.18. The van der Waals surface area contributed by atoms with E-state index in [0.29, 0.717) is 11.1 Å². The Bertz CT molecular complexity index is 523. The van der Waals surface area contributed by atoms with Crippen LogP contribution in [0.4, 0.5) is 8.78 Å². The van der Waals surface area contributed by atoms with Gasteiger partial charge in [0.2, 0.25) is 0 Å². The van der Waals surface area contributed by atoms with Crippen molar-refractivity contribution in [2.24, 2.45) is 5.92 Å². The molecule has 0 saturated carbocycles. The van der Waals surface area contributed by atoms with Crippen LogP contribution in [0.15, 0.2) is 12.1 Å². The van der Waals surface area contributed by atoms with E-state index in [-0.39, 0.29) is 17.9 Å². The van der Waals surface area contributed by atoms with E-state index in [0.717, 1.165) is 0 Å². The Morgan fingerprint density at radius 2 is 1.81 bits per heavy atom. The fourth-order valence-corrected chi connectivity index (χ4v) is 1.79. The Morgan fingerprint density at radius 3 is 2.24 bits per heavy atom. The van der Waals surface area contributed by atoms with Crippen molar-refractivity contribution in [2.45, 2.75) is 27.4 Å². The quantitative estimate of drug-likeness (QED) is 0.845. The number of benzene rings is 1. The number of nitrogens with one attached hydrogen (secondary N) is 1. The Kier molecular flexibility index (Phi) is 5.63. The molecule has 1 aromatic carbocycles.